The van der Waals surface area contributed by atoms with E-state index in [9.17, 15) is 0 Å². The summed E-state index contributed by atoms with van der Waals surface area (Å²) in [6.45, 7) is 12.6. The molecule has 0 atom stereocenters. The smallest absolute Gasteiger partial charge is 0.126 e. The summed E-state index contributed by atoms with van der Waals surface area (Å²) in [5.41, 5.74) is 1.42. The highest BCUT2D eigenvalue weighted by molar-refractivity contribution is 5.50. The first kappa shape index (κ1) is 17.9. The van der Waals surface area contributed by atoms with Crippen LogP contribution in [0.4, 0.5) is 0 Å². The largest absolute Gasteiger partial charge is 0.493 e. The third kappa shape index (κ3) is 4.15. The SMILES string of the molecule is CCCOc1cccc(OCCC)c1C(CC)(CC)CC. The maximum atomic E-state index is 6.04. The molecule has 2 nitrogen and oxygen atoms in total. The Morgan fingerprint density at radius 2 is 1.19 bits per heavy atom. The van der Waals surface area contributed by atoms with E-state index in [0.29, 0.717) is 0 Å². The van der Waals surface area contributed by atoms with E-state index in [1.54, 1.807) is 0 Å². The van der Waals surface area contributed by atoms with Gasteiger partial charge in [0, 0.05) is 11.0 Å². The Morgan fingerprint density at radius 1 is 0.762 bits per heavy atom. The van der Waals surface area contributed by atoms with Crippen LogP contribution in [0.3, 0.4) is 0 Å². The van der Waals surface area contributed by atoms with Crippen LogP contribution in [-0.4, -0.2) is 13.2 Å². The molecule has 0 bridgehead atoms. The van der Waals surface area contributed by atoms with Crippen molar-refractivity contribution in [3.8, 4) is 11.5 Å². The fraction of sp³-hybridized carbons (Fsp3) is 0.684. The molecule has 0 fully saturated rings. The molecule has 0 radical (unpaired) electrons. The number of ether oxygens (including phenoxy) is 2. The Kier molecular flexibility index (Phi) is 7.63. The highest BCUT2D eigenvalue weighted by atomic mass is 16.5. The van der Waals surface area contributed by atoms with E-state index in [1.165, 1.54) is 5.56 Å². The molecule has 0 N–H and O–H groups in total. The number of hydrogen-bond donors (Lipinski definition) is 0. The molecule has 0 unspecified atom stereocenters. The third-order valence-electron chi connectivity index (χ3n) is 4.47. The van der Waals surface area contributed by atoms with Crippen LogP contribution >= 0.6 is 0 Å². The van der Waals surface area contributed by atoms with E-state index in [-0.39, 0.29) is 5.41 Å². The second-order valence-corrected chi connectivity index (χ2v) is 5.67. The summed E-state index contributed by atoms with van der Waals surface area (Å²) in [5, 5.41) is 0. The highest BCUT2D eigenvalue weighted by Crippen LogP contribution is 2.45. The summed E-state index contributed by atoms with van der Waals surface area (Å²) < 4.78 is 12.1. The van der Waals surface area contributed by atoms with Crippen LogP contribution < -0.4 is 9.47 Å². The minimum atomic E-state index is 0.146. The molecule has 0 aliphatic heterocycles. The van der Waals surface area contributed by atoms with E-state index >= 15 is 0 Å². The third-order valence-corrected chi connectivity index (χ3v) is 4.47. The number of benzene rings is 1. The second kappa shape index (κ2) is 8.96. The summed E-state index contributed by atoms with van der Waals surface area (Å²) >= 11 is 0. The van der Waals surface area contributed by atoms with E-state index in [1.807, 2.05) is 6.07 Å². The van der Waals surface area contributed by atoms with E-state index in [0.717, 1.165) is 56.8 Å². The summed E-state index contributed by atoms with van der Waals surface area (Å²) in [6, 6.07) is 6.24. The zero-order valence-corrected chi connectivity index (χ0v) is 14.5. The lowest BCUT2D eigenvalue weighted by atomic mass is 9.73. The van der Waals surface area contributed by atoms with Crippen molar-refractivity contribution >= 4 is 0 Å². The maximum Gasteiger partial charge on any atom is 0.126 e. The second-order valence-electron chi connectivity index (χ2n) is 5.67. The topological polar surface area (TPSA) is 18.5 Å². The van der Waals surface area contributed by atoms with Crippen LogP contribution in [0.25, 0.3) is 0 Å². The lowest BCUT2D eigenvalue weighted by Crippen LogP contribution is -2.25. The molecular formula is C19H32O2. The molecule has 0 aliphatic rings. The minimum absolute atomic E-state index is 0.146. The van der Waals surface area contributed by atoms with Crippen molar-refractivity contribution < 1.29 is 9.47 Å². The minimum Gasteiger partial charge on any atom is -0.493 e. The Balaban J connectivity index is 3.31. The first-order valence-electron chi connectivity index (χ1n) is 8.58. The van der Waals surface area contributed by atoms with Gasteiger partial charge in [-0.1, -0.05) is 40.7 Å². The van der Waals surface area contributed by atoms with Gasteiger partial charge in [0.2, 0.25) is 0 Å². The van der Waals surface area contributed by atoms with Crippen LogP contribution in [0.1, 0.15) is 72.3 Å². The predicted octanol–water partition coefficient (Wildman–Crippen LogP) is 5.73. The van der Waals surface area contributed by atoms with Gasteiger partial charge in [0.1, 0.15) is 11.5 Å². The Bertz CT molecular complexity index is 374. The van der Waals surface area contributed by atoms with Gasteiger partial charge >= 0.3 is 0 Å². The fourth-order valence-electron chi connectivity index (χ4n) is 2.98. The van der Waals surface area contributed by atoms with Crippen LogP contribution in [-0.2, 0) is 5.41 Å². The molecule has 120 valence electrons. The Labute approximate surface area is 130 Å². The zero-order chi connectivity index (χ0) is 15.7. The highest BCUT2D eigenvalue weighted by Gasteiger charge is 2.33. The van der Waals surface area contributed by atoms with Gasteiger partial charge in [-0.05, 0) is 44.2 Å². The molecule has 1 aromatic rings. The summed E-state index contributed by atoms with van der Waals surface area (Å²) in [6.07, 6.45) is 5.37. The molecular weight excluding hydrogens is 260 g/mol. The first-order valence-corrected chi connectivity index (χ1v) is 8.58. The van der Waals surface area contributed by atoms with Crippen molar-refractivity contribution in [2.24, 2.45) is 0 Å². The van der Waals surface area contributed by atoms with Crippen molar-refractivity contribution in [2.45, 2.75) is 72.1 Å². The monoisotopic (exact) mass is 292 g/mol. The van der Waals surface area contributed by atoms with Crippen molar-refractivity contribution in [2.75, 3.05) is 13.2 Å². The molecule has 0 saturated heterocycles. The van der Waals surface area contributed by atoms with E-state index in [4.69, 9.17) is 9.47 Å². The lowest BCUT2D eigenvalue weighted by molar-refractivity contribution is 0.269. The number of rotatable bonds is 10. The molecule has 1 rings (SSSR count). The average Bonchev–Trinajstić information content (AvgIpc) is 2.54. The normalized spacial score (nSPS) is 11.5. The standard InChI is InChI=1S/C19H32O2/c1-6-14-20-16-12-11-13-17(21-15-7-2)18(16)19(8-3,9-4)10-5/h11-13H,6-10,14-15H2,1-5H3. The lowest BCUT2D eigenvalue weighted by Gasteiger charge is -2.34. The molecule has 1 aromatic carbocycles. The quantitative estimate of drug-likeness (QED) is 0.548. The molecule has 0 heterocycles. The van der Waals surface area contributed by atoms with Crippen LogP contribution in [0, 0.1) is 0 Å². The van der Waals surface area contributed by atoms with Crippen molar-refractivity contribution in [3.63, 3.8) is 0 Å². The van der Waals surface area contributed by atoms with Crippen molar-refractivity contribution in [1.29, 1.82) is 0 Å². The maximum absolute atomic E-state index is 6.04. The van der Waals surface area contributed by atoms with Gasteiger partial charge in [-0.25, -0.2) is 0 Å². The molecule has 0 aliphatic carbocycles. The van der Waals surface area contributed by atoms with E-state index < -0.39 is 0 Å². The van der Waals surface area contributed by atoms with Crippen LogP contribution in [0.5, 0.6) is 11.5 Å². The van der Waals surface area contributed by atoms with Gasteiger partial charge in [0.05, 0.1) is 13.2 Å². The molecule has 0 saturated carbocycles. The Morgan fingerprint density at radius 3 is 1.52 bits per heavy atom. The molecule has 0 spiro atoms. The van der Waals surface area contributed by atoms with Gasteiger partial charge in [0.15, 0.2) is 0 Å². The van der Waals surface area contributed by atoms with Gasteiger partial charge in [-0.15, -0.1) is 0 Å². The van der Waals surface area contributed by atoms with Gasteiger partial charge < -0.3 is 9.47 Å². The van der Waals surface area contributed by atoms with Gasteiger partial charge in [-0.3, -0.25) is 0 Å². The zero-order valence-electron chi connectivity index (χ0n) is 14.5. The molecule has 0 aromatic heterocycles. The van der Waals surface area contributed by atoms with Crippen molar-refractivity contribution in [1.82, 2.24) is 0 Å². The van der Waals surface area contributed by atoms with Gasteiger partial charge in [0.25, 0.3) is 0 Å². The van der Waals surface area contributed by atoms with Crippen molar-refractivity contribution in [3.05, 3.63) is 23.8 Å². The average molecular weight is 292 g/mol. The molecule has 21 heavy (non-hydrogen) atoms. The first-order chi connectivity index (χ1) is 10.2. The van der Waals surface area contributed by atoms with Crippen LogP contribution in [0.15, 0.2) is 18.2 Å². The summed E-state index contributed by atoms with van der Waals surface area (Å²) in [7, 11) is 0. The molecule has 0 amide bonds. The van der Waals surface area contributed by atoms with Gasteiger partial charge in [-0.2, -0.15) is 0 Å². The summed E-state index contributed by atoms with van der Waals surface area (Å²) in [4.78, 5) is 0. The Hall–Kier alpha value is -1.18. The summed E-state index contributed by atoms with van der Waals surface area (Å²) in [5.74, 6) is 2.02. The van der Waals surface area contributed by atoms with E-state index in [2.05, 4.69) is 46.8 Å². The number of hydrogen-bond acceptors (Lipinski definition) is 2. The molecule has 2 heteroatoms. The fourth-order valence-corrected chi connectivity index (χ4v) is 2.98. The van der Waals surface area contributed by atoms with Crippen LogP contribution in [0.2, 0.25) is 0 Å². The predicted molar refractivity (Wildman–Crippen MR) is 90.6 cm³/mol.